The summed E-state index contributed by atoms with van der Waals surface area (Å²) in [5.41, 5.74) is 0.914. The number of ether oxygens (including phenoxy) is 1. The van der Waals surface area contributed by atoms with Gasteiger partial charge >= 0.3 is 5.97 Å². The second-order valence-corrected chi connectivity index (χ2v) is 4.92. The van der Waals surface area contributed by atoms with Crippen LogP contribution in [0.2, 0.25) is 5.15 Å². The average Bonchev–Trinajstić information content (AvgIpc) is 2.96. The Kier molecular flexibility index (Phi) is 4.20. The molecule has 0 radical (unpaired) electrons. The highest BCUT2D eigenvalue weighted by Gasteiger charge is 2.17. The maximum absolute atomic E-state index is 10.9. The number of carboxylic acids is 1. The standard InChI is InChI=1S/C15H11ClN4O3/c16-13-12(14(21)22)8-19-20(13)15-17-6-11(7-18-15)23-9-10-4-2-1-3-5-10/h1-8H,9H2,(H,21,22). The van der Waals surface area contributed by atoms with Gasteiger partial charge in [-0.25, -0.2) is 14.8 Å². The molecule has 0 fully saturated rings. The second-order valence-electron chi connectivity index (χ2n) is 4.56. The molecule has 2 aromatic heterocycles. The predicted octanol–water partition coefficient (Wildman–Crippen LogP) is 2.59. The van der Waals surface area contributed by atoms with E-state index < -0.39 is 5.97 Å². The topological polar surface area (TPSA) is 90.1 Å². The van der Waals surface area contributed by atoms with Gasteiger partial charge in [0.2, 0.25) is 0 Å². The highest BCUT2D eigenvalue weighted by Crippen LogP contribution is 2.19. The molecule has 116 valence electrons. The van der Waals surface area contributed by atoms with Crippen LogP contribution in [0.25, 0.3) is 5.95 Å². The van der Waals surface area contributed by atoms with Gasteiger partial charge in [0.15, 0.2) is 10.9 Å². The lowest BCUT2D eigenvalue weighted by Crippen LogP contribution is -2.04. The van der Waals surface area contributed by atoms with Gasteiger partial charge in [-0.15, -0.1) is 0 Å². The molecule has 0 bridgehead atoms. The maximum Gasteiger partial charge on any atom is 0.340 e. The van der Waals surface area contributed by atoms with Gasteiger partial charge in [-0.05, 0) is 5.56 Å². The van der Waals surface area contributed by atoms with Crippen molar-refractivity contribution in [3.05, 3.63) is 65.2 Å². The summed E-state index contributed by atoms with van der Waals surface area (Å²) in [6.07, 6.45) is 4.10. The number of rotatable bonds is 5. The number of aromatic nitrogens is 4. The fraction of sp³-hybridized carbons (Fsp3) is 0.0667. The minimum absolute atomic E-state index is 0.0598. The third-order valence-electron chi connectivity index (χ3n) is 2.99. The molecule has 3 rings (SSSR count). The van der Waals surface area contributed by atoms with Crippen LogP contribution in [0.5, 0.6) is 5.75 Å². The summed E-state index contributed by atoms with van der Waals surface area (Å²) in [5, 5.41) is 12.8. The molecule has 1 N–H and O–H groups in total. The molecule has 2 heterocycles. The molecular weight excluding hydrogens is 320 g/mol. The molecule has 1 aromatic carbocycles. The Labute approximate surface area is 136 Å². The number of carbonyl (C=O) groups is 1. The van der Waals surface area contributed by atoms with E-state index in [1.54, 1.807) is 0 Å². The van der Waals surface area contributed by atoms with E-state index in [0.29, 0.717) is 12.4 Å². The summed E-state index contributed by atoms with van der Waals surface area (Å²) < 4.78 is 6.72. The highest BCUT2D eigenvalue weighted by atomic mass is 35.5. The van der Waals surface area contributed by atoms with Crippen molar-refractivity contribution in [1.82, 2.24) is 19.7 Å². The van der Waals surface area contributed by atoms with Gasteiger partial charge in [0.25, 0.3) is 5.95 Å². The van der Waals surface area contributed by atoms with Crippen molar-refractivity contribution in [2.45, 2.75) is 6.61 Å². The van der Waals surface area contributed by atoms with E-state index in [2.05, 4.69) is 15.1 Å². The molecule has 23 heavy (non-hydrogen) atoms. The minimum atomic E-state index is -1.16. The maximum atomic E-state index is 10.9. The van der Waals surface area contributed by atoms with Crippen LogP contribution in [0.15, 0.2) is 48.9 Å². The van der Waals surface area contributed by atoms with E-state index >= 15 is 0 Å². The van der Waals surface area contributed by atoms with Crippen LogP contribution in [-0.4, -0.2) is 30.8 Å². The third kappa shape index (κ3) is 3.29. The number of aromatic carboxylic acids is 1. The van der Waals surface area contributed by atoms with E-state index in [1.165, 1.54) is 12.4 Å². The third-order valence-corrected chi connectivity index (χ3v) is 3.36. The Morgan fingerprint density at radius 1 is 1.17 bits per heavy atom. The van der Waals surface area contributed by atoms with Crippen LogP contribution in [0, 0.1) is 0 Å². The molecule has 0 aliphatic carbocycles. The van der Waals surface area contributed by atoms with Crippen molar-refractivity contribution in [3.63, 3.8) is 0 Å². The number of hydrogen-bond donors (Lipinski definition) is 1. The lowest BCUT2D eigenvalue weighted by Gasteiger charge is -2.06. The monoisotopic (exact) mass is 330 g/mol. The Morgan fingerprint density at radius 3 is 2.48 bits per heavy atom. The Bertz CT molecular complexity index is 818. The van der Waals surface area contributed by atoms with Gasteiger partial charge in [0, 0.05) is 0 Å². The average molecular weight is 331 g/mol. The smallest absolute Gasteiger partial charge is 0.340 e. The second kappa shape index (κ2) is 6.45. The first-order valence-electron chi connectivity index (χ1n) is 6.61. The number of hydrogen-bond acceptors (Lipinski definition) is 5. The van der Waals surface area contributed by atoms with Crippen molar-refractivity contribution < 1.29 is 14.6 Å². The number of halogens is 1. The Hall–Kier alpha value is -2.93. The zero-order chi connectivity index (χ0) is 16.2. The molecule has 7 nitrogen and oxygen atoms in total. The van der Waals surface area contributed by atoms with E-state index in [1.807, 2.05) is 30.3 Å². The SMILES string of the molecule is O=C(O)c1cnn(-c2ncc(OCc3ccccc3)cn2)c1Cl. The van der Waals surface area contributed by atoms with Crippen LogP contribution >= 0.6 is 11.6 Å². The fourth-order valence-electron chi connectivity index (χ4n) is 1.85. The molecule has 0 aliphatic rings. The quantitative estimate of drug-likeness (QED) is 0.773. The molecule has 0 amide bonds. The summed E-state index contributed by atoms with van der Waals surface area (Å²) in [6, 6.07) is 9.69. The van der Waals surface area contributed by atoms with Crippen LogP contribution in [-0.2, 0) is 6.61 Å². The van der Waals surface area contributed by atoms with Gasteiger partial charge < -0.3 is 9.84 Å². The first-order chi connectivity index (χ1) is 11.1. The van der Waals surface area contributed by atoms with Crippen molar-refractivity contribution in [1.29, 1.82) is 0 Å². The first-order valence-corrected chi connectivity index (χ1v) is 6.99. The van der Waals surface area contributed by atoms with Crippen molar-refractivity contribution in [2.24, 2.45) is 0 Å². The van der Waals surface area contributed by atoms with Crippen molar-refractivity contribution in [2.75, 3.05) is 0 Å². The van der Waals surface area contributed by atoms with Gasteiger partial charge in [0.1, 0.15) is 12.2 Å². The van der Waals surface area contributed by atoms with E-state index in [-0.39, 0.29) is 16.7 Å². The number of nitrogens with zero attached hydrogens (tertiary/aromatic N) is 4. The summed E-state index contributed by atoms with van der Waals surface area (Å²) >= 11 is 5.94. The minimum Gasteiger partial charge on any atom is -0.486 e. The summed E-state index contributed by atoms with van der Waals surface area (Å²) in [6.45, 7) is 0.398. The summed E-state index contributed by atoms with van der Waals surface area (Å²) in [5.74, 6) is -0.516. The van der Waals surface area contributed by atoms with E-state index in [9.17, 15) is 4.79 Å². The lowest BCUT2D eigenvalue weighted by molar-refractivity contribution is 0.0697. The van der Waals surface area contributed by atoms with Gasteiger partial charge in [-0.1, -0.05) is 41.9 Å². The van der Waals surface area contributed by atoms with Gasteiger partial charge in [0.05, 0.1) is 18.6 Å². The molecule has 0 spiro atoms. The lowest BCUT2D eigenvalue weighted by atomic mass is 10.2. The van der Waals surface area contributed by atoms with Gasteiger partial charge in [-0.2, -0.15) is 9.78 Å². The first kappa shape index (κ1) is 15.0. The van der Waals surface area contributed by atoms with Crippen molar-refractivity contribution in [3.8, 4) is 11.7 Å². The van der Waals surface area contributed by atoms with Crippen molar-refractivity contribution >= 4 is 17.6 Å². The summed E-state index contributed by atoms with van der Waals surface area (Å²) in [7, 11) is 0. The number of carboxylic acid groups (broad SMARTS) is 1. The molecule has 0 aliphatic heterocycles. The molecule has 0 atom stereocenters. The Morgan fingerprint density at radius 2 is 1.87 bits per heavy atom. The highest BCUT2D eigenvalue weighted by molar-refractivity contribution is 6.32. The predicted molar refractivity (Wildman–Crippen MR) is 81.9 cm³/mol. The number of benzene rings is 1. The zero-order valence-corrected chi connectivity index (χ0v) is 12.5. The molecule has 0 unspecified atom stereocenters. The van der Waals surface area contributed by atoms with E-state index in [4.69, 9.17) is 21.4 Å². The molecule has 0 saturated heterocycles. The van der Waals surface area contributed by atoms with Crippen LogP contribution in [0.4, 0.5) is 0 Å². The molecule has 3 aromatic rings. The fourth-order valence-corrected chi connectivity index (χ4v) is 2.10. The zero-order valence-electron chi connectivity index (χ0n) is 11.8. The van der Waals surface area contributed by atoms with Gasteiger partial charge in [-0.3, -0.25) is 0 Å². The molecular formula is C15H11ClN4O3. The van der Waals surface area contributed by atoms with Crippen LogP contribution in [0.3, 0.4) is 0 Å². The van der Waals surface area contributed by atoms with Crippen LogP contribution in [0.1, 0.15) is 15.9 Å². The van der Waals surface area contributed by atoms with Crippen LogP contribution < -0.4 is 4.74 Å². The molecule has 0 saturated carbocycles. The summed E-state index contributed by atoms with van der Waals surface area (Å²) in [4.78, 5) is 19.1. The molecule has 8 heteroatoms. The normalized spacial score (nSPS) is 10.5. The Balaban J connectivity index is 1.73. The van der Waals surface area contributed by atoms with E-state index in [0.717, 1.165) is 16.4 Å². The largest absolute Gasteiger partial charge is 0.486 e.